The van der Waals surface area contributed by atoms with Crippen molar-refractivity contribution in [3.63, 3.8) is 0 Å². The van der Waals surface area contributed by atoms with Gasteiger partial charge in [-0.3, -0.25) is 9.59 Å². The maximum Gasteiger partial charge on any atom is 0.242 e. The highest BCUT2D eigenvalue weighted by Gasteiger charge is 2.46. The van der Waals surface area contributed by atoms with Gasteiger partial charge >= 0.3 is 0 Å². The number of nitrogens with one attached hydrogen (secondary N) is 1. The number of halogens is 1. The van der Waals surface area contributed by atoms with Crippen molar-refractivity contribution in [2.45, 2.75) is 70.6 Å². The summed E-state index contributed by atoms with van der Waals surface area (Å²) in [5.74, 6) is 0.253. The van der Waals surface area contributed by atoms with Crippen LogP contribution in [-0.4, -0.2) is 47.3 Å². The molecule has 1 saturated heterocycles. The minimum Gasteiger partial charge on any atom is -0.378 e. The molecule has 162 valence electrons. The van der Waals surface area contributed by atoms with E-state index in [4.69, 9.17) is 4.74 Å². The third kappa shape index (κ3) is 4.33. The number of nitrogens with zero attached hydrogens (tertiary/aromatic N) is 2. The standard InChI is InChI=1S/C23H30BrN3O3/c1-3-22(28)27-21(13-20(26-27)14-5-8-16(24)9-6-14)18-11-15-7-10-17(30-4-2)12-19(15)25-23(18)29/h5-6,8-9,15,17-19,21H,3-4,7,10-13H2,1-2H3,(H,25,29). The molecule has 3 aliphatic rings. The fourth-order valence-electron chi connectivity index (χ4n) is 5.16. The van der Waals surface area contributed by atoms with Gasteiger partial charge in [-0.1, -0.05) is 35.0 Å². The molecule has 6 nitrogen and oxygen atoms in total. The zero-order chi connectivity index (χ0) is 21.3. The van der Waals surface area contributed by atoms with Gasteiger partial charge in [0.15, 0.2) is 0 Å². The molecule has 1 N–H and O–H groups in total. The Hall–Kier alpha value is -1.73. The monoisotopic (exact) mass is 475 g/mol. The van der Waals surface area contributed by atoms with Gasteiger partial charge in [0.2, 0.25) is 11.8 Å². The van der Waals surface area contributed by atoms with Crippen LogP contribution in [0.15, 0.2) is 33.8 Å². The number of hydrogen-bond acceptors (Lipinski definition) is 4. The van der Waals surface area contributed by atoms with Crippen LogP contribution < -0.4 is 5.32 Å². The highest BCUT2D eigenvalue weighted by molar-refractivity contribution is 9.10. The van der Waals surface area contributed by atoms with E-state index in [0.29, 0.717) is 25.4 Å². The van der Waals surface area contributed by atoms with Crippen molar-refractivity contribution in [2.24, 2.45) is 16.9 Å². The Morgan fingerprint density at radius 1 is 1.23 bits per heavy atom. The molecule has 30 heavy (non-hydrogen) atoms. The molecule has 2 aliphatic heterocycles. The number of rotatable bonds is 5. The van der Waals surface area contributed by atoms with Crippen molar-refractivity contribution in [3.8, 4) is 0 Å². The SMILES string of the molecule is CCOC1CCC2CC(C3CC(c4ccc(Br)cc4)=NN3C(=O)CC)C(=O)NC2C1. The van der Waals surface area contributed by atoms with Crippen LogP contribution in [0.25, 0.3) is 0 Å². The normalized spacial score (nSPS) is 31.2. The second kappa shape index (κ2) is 9.18. The Kier molecular flexibility index (Phi) is 6.58. The van der Waals surface area contributed by atoms with Gasteiger partial charge in [-0.2, -0.15) is 5.10 Å². The van der Waals surface area contributed by atoms with Crippen molar-refractivity contribution in [1.29, 1.82) is 0 Å². The number of amides is 2. The predicted octanol–water partition coefficient (Wildman–Crippen LogP) is 3.87. The maximum atomic E-state index is 13.1. The smallest absolute Gasteiger partial charge is 0.242 e. The van der Waals surface area contributed by atoms with E-state index in [1.54, 1.807) is 5.01 Å². The fourth-order valence-corrected chi connectivity index (χ4v) is 5.42. The molecule has 0 radical (unpaired) electrons. The summed E-state index contributed by atoms with van der Waals surface area (Å²) >= 11 is 3.46. The third-order valence-electron chi connectivity index (χ3n) is 6.71. The van der Waals surface area contributed by atoms with Crippen LogP contribution in [0.4, 0.5) is 0 Å². The van der Waals surface area contributed by atoms with Gasteiger partial charge in [0.1, 0.15) is 0 Å². The van der Waals surface area contributed by atoms with Crippen LogP contribution in [0.3, 0.4) is 0 Å². The summed E-state index contributed by atoms with van der Waals surface area (Å²) < 4.78 is 6.81. The van der Waals surface area contributed by atoms with E-state index in [1.165, 1.54) is 0 Å². The van der Waals surface area contributed by atoms with Crippen LogP contribution in [-0.2, 0) is 14.3 Å². The van der Waals surface area contributed by atoms with Gasteiger partial charge in [0.25, 0.3) is 0 Å². The molecule has 0 bridgehead atoms. The highest BCUT2D eigenvalue weighted by atomic mass is 79.9. The van der Waals surface area contributed by atoms with E-state index in [-0.39, 0.29) is 35.9 Å². The first kappa shape index (κ1) is 21.5. The number of hydrazone groups is 1. The van der Waals surface area contributed by atoms with Crippen molar-refractivity contribution >= 4 is 33.5 Å². The van der Waals surface area contributed by atoms with E-state index in [0.717, 1.165) is 41.4 Å². The average Bonchev–Trinajstić information content (AvgIpc) is 3.18. The molecule has 1 saturated carbocycles. The lowest BCUT2D eigenvalue weighted by atomic mass is 9.72. The van der Waals surface area contributed by atoms with E-state index in [9.17, 15) is 9.59 Å². The first-order chi connectivity index (χ1) is 14.5. The summed E-state index contributed by atoms with van der Waals surface area (Å²) in [6.45, 7) is 4.58. The molecular weight excluding hydrogens is 446 g/mol. The molecule has 1 aromatic carbocycles. The van der Waals surface area contributed by atoms with Crippen molar-refractivity contribution in [3.05, 3.63) is 34.3 Å². The first-order valence-corrected chi connectivity index (χ1v) is 11.9. The molecule has 7 heteroatoms. The summed E-state index contributed by atoms with van der Waals surface area (Å²) in [5.41, 5.74) is 1.88. The molecule has 2 fully saturated rings. The van der Waals surface area contributed by atoms with Gasteiger partial charge < -0.3 is 10.1 Å². The number of carbonyl (C=O) groups is 2. The Bertz CT molecular complexity index is 825. The van der Waals surface area contributed by atoms with E-state index in [2.05, 4.69) is 26.3 Å². The first-order valence-electron chi connectivity index (χ1n) is 11.1. The van der Waals surface area contributed by atoms with Crippen LogP contribution in [0, 0.1) is 11.8 Å². The second-order valence-corrected chi connectivity index (χ2v) is 9.44. The molecule has 5 atom stereocenters. The second-order valence-electron chi connectivity index (χ2n) is 8.52. The van der Waals surface area contributed by atoms with Crippen molar-refractivity contribution in [2.75, 3.05) is 6.61 Å². The number of ether oxygens (including phenoxy) is 1. The Morgan fingerprint density at radius 3 is 2.70 bits per heavy atom. The summed E-state index contributed by atoms with van der Waals surface area (Å²) in [7, 11) is 0. The highest BCUT2D eigenvalue weighted by Crippen LogP contribution is 2.39. The number of piperidine rings is 1. The molecule has 5 unspecified atom stereocenters. The van der Waals surface area contributed by atoms with Gasteiger partial charge in [-0.05, 0) is 56.2 Å². The zero-order valence-electron chi connectivity index (χ0n) is 17.6. The van der Waals surface area contributed by atoms with Crippen LogP contribution in [0.1, 0.15) is 57.9 Å². The Morgan fingerprint density at radius 2 is 2.00 bits per heavy atom. The van der Waals surface area contributed by atoms with E-state index < -0.39 is 0 Å². The molecule has 2 heterocycles. The number of fused-ring (bicyclic) bond motifs is 1. The number of carbonyl (C=O) groups excluding carboxylic acids is 2. The van der Waals surface area contributed by atoms with Gasteiger partial charge in [-0.25, -0.2) is 5.01 Å². The van der Waals surface area contributed by atoms with Gasteiger partial charge in [0.05, 0.1) is 23.8 Å². The van der Waals surface area contributed by atoms with Gasteiger partial charge in [0, 0.05) is 30.0 Å². The quantitative estimate of drug-likeness (QED) is 0.702. The number of hydrogen-bond donors (Lipinski definition) is 1. The largest absolute Gasteiger partial charge is 0.378 e. The summed E-state index contributed by atoms with van der Waals surface area (Å²) in [4.78, 5) is 25.8. The van der Waals surface area contributed by atoms with Crippen LogP contribution >= 0.6 is 15.9 Å². The minimum absolute atomic E-state index is 0.0258. The maximum absolute atomic E-state index is 13.1. The fraction of sp³-hybridized carbons (Fsp3) is 0.609. The molecule has 1 aliphatic carbocycles. The Balaban J connectivity index is 1.51. The lowest BCUT2D eigenvalue weighted by molar-refractivity contribution is -0.139. The minimum atomic E-state index is -0.220. The molecule has 2 amide bonds. The van der Waals surface area contributed by atoms with Crippen LogP contribution in [0.2, 0.25) is 0 Å². The topological polar surface area (TPSA) is 71.0 Å². The lowest BCUT2D eigenvalue weighted by Gasteiger charge is -2.44. The number of benzene rings is 1. The summed E-state index contributed by atoms with van der Waals surface area (Å²) in [6.07, 6.45) is 5.04. The Labute approximate surface area is 186 Å². The van der Waals surface area contributed by atoms with E-state index in [1.807, 2.05) is 38.1 Å². The molecular formula is C23H30BrN3O3. The third-order valence-corrected chi connectivity index (χ3v) is 7.24. The zero-order valence-corrected chi connectivity index (χ0v) is 19.2. The average molecular weight is 476 g/mol. The molecule has 0 aromatic heterocycles. The lowest BCUT2D eigenvalue weighted by Crippen LogP contribution is -2.57. The van der Waals surface area contributed by atoms with Crippen molar-refractivity contribution in [1.82, 2.24) is 10.3 Å². The summed E-state index contributed by atoms with van der Waals surface area (Å²) in [5, 5.41) is 9.53. The van der Waals surface area contributed by atoms with Crippen molar-refractivity contribution < 1.29 is 14.3 Å². The molecule has 0 spiro atoms. The van der Waals surface area contributed by atoms with Gasteiger partial charge in [-0.15, -0.1) is 0 Å². The predicted molar refractivity (Wildman–Crippen MR) is 119 cm³/mol. The van der Waals surface area contributed by atoms with Crippen LogP contribution in [0.5, 0.6) is 0 Å². The molecule has 1 aromatic rings. The molecule has 4 rings (SSSR count). The summed E-state index contributed by atoms with van der Waals surface area (Å²) in [6, 6.07) is 7.94. The van der Waals surface area contributed by atoms with E-state index >= 15 is 0 Å².